The third kappa shape index (κ3) is 3.65. The molecule has 0 saturated carbocycles. The van der Waals surface area contributed by atoms with Gasteiger partial charge in [0.1, 0.15) is 0 Å². The third-order valence-electron chi connectivity index (χ3n) is 10.2. The monoisotopic (exact) mass is 642 g/mol. The van der Waals surface area contributed by atoms with Crippen molar-refractivity contribution in [2.45, 2.75) is 0 Å². The van der Waals surface area contributed by atoms with E-state index >= 15 is 0 Å². The van der Waals surface area contributed by atoms with Crippen molar-refractivity contribution in [2.75, 3.05) is 0 Å². The van der Waals surface area contributed by atoms with Gasteiger partial charge in [0, 0.05) is 45.9 Å². The zero-order chi connectivity index (χ0) is 31.3. The summed E-state index contributed by atoms with van der Waals surface area (Å²) in [5.41, 5.74) is 5.24. The van der Waals surface area contributed by atoms with Gasteiger partial charge in [0.15, 0.2) is 0 Å². The average molecular weight is 643 g/mol. The van der Waals surface area contributed by atoms with Crippen LogP contribution in [0.1, 0.15) is 0 Å². The predicted octanol–water partition coefficient (Wildman–Crippen LogP) is 14.4. The molecule has 0 aliphatic carbocycles. The molecule has 0 aliphatic heterocycles. The molecule has 2 heteroatoms. The number of benzene rings is 9. The Labute approximate surface area is 284 Å². The summed E-state index contributed by atoms with van der Waals surface area (Å²) in [5.74, 6) is 0. The molecule has 0 nitrogen and oxygen atoms in total. The molecule has 0 unspecified atom stereocenters. The summed E-state index contributed by atoms with van der Waals surface area (Å²) in [6, 6.07) is 58.7. The fourth-order valence-electron chi connectivity index (χ4n) is 8.18. The summed E-state index contributed by atoms with van der Waals surface area (Å²) >= 11 is 3.87. The second kappa shape index (κ2) is 9.98. The lowest BCUT2D eigenvalue weighted by molar-refractivity contribution is 1.70. The van der Waals surface area contributed by atoms with E-state index in [0.29, 0.717) is 0 Å². The zero-order valence-electron chi connectivity index (χ0n) is 25.8. The second-order valence-corrected chi connectivity index (χ2v) is 14.9. The quantitative estimate of drug-likeness (QED) is 0.165. The summed E-state index contributed by atoms with van der Waals surface area (Å²) in [6.07, 6.45) is 0. The normalized spacial score (nSPS) is 12.2. The smallest absolute Gasteiger partial charge is 0.0441 e. The van der Waals surface area contributed by atoms with Gasteiger partial charge in [-0.2, -0.15) is 0 Å². The highest BCUT2D eigenvalue weighted by Gasteiger charge is 2.23. The van der Waals surface area contributed by atoms with E-state index in [0.717, 1.165) is 0 Å². The molecule has 222 valence electrons. The number of hydrogen-bond donors (Lipinski definition) is 0. The first-order chi connectivity index (χ1) is 23.8. The van der Waals surface area contributed by atoms with E-state index in [1.807, 2.05) is 22.7 Å². The number of rotatable bonds is 2. The Bertz CT molecular complexity index is 3060. The Morgan fingerprint density at radius 1 is 0.292 bits per heavy atom. The van der Waals surface area contributed by atoms with E-state index in [1.54, 1.807) is 0 Å². The Hall–Kier alpha value is -5.54. The first kappa shape index (κ1) is 26.5. The minimum Gasteiger partial charge on any atom is -0.135 e. The van der Waals surface area contributed by atoms with E-state index in [4.69, 9.17) is 0 Å². The largest absolute Gasteiger partial charge is 0.135 e. The molecule has 0 spiro atoms. The van der Waals surface area contributed by atoms with Gasteiger partial charge in [0.2, 0.25) is 0 Å². The summed E-state index contributed by atoms with van der Waals surface area (Å²) in [7, 11) is 0. The van der Waals surface area contributed by atoms with Crippen molar-refractivity contribution >= 4 is 106 Å². The van der Waals surface area contributed by atoms with Gasteiger partial charge in [-0.1, -0.05) is 133 Å². The molecule has 0 fully saturated rings. The van der Waals surface area contributed by atoms with Crippen LogP contribution < -0.4 is 0 Å². The van der Waals surface area contributed by atoms with Gasteiger partial charge in [-0.05, 0) is 84.0 Å². The third-order valence-corrected chi connectivity index (χ3v) is 12.5. The molecule has 2 heterocycles. The van der Waals surface area contributed by atoms with Crippen molar-refractivity contribution in [1.82, 2.24) is 0 Å². The molecule has 0 amide bonds. The molecule has 48 heavy (non-hydrogen) atoms. The maximum atomic E-state index is 2.50. The minimum atomic E-state index is 1.27. The number of thiophene rings is 2. The summed E-state index contributed by atoms with van der Waals surface area (Å²) in [4.78, 5) is 0. The van der Waals surface area contributed by atoms with Gasteiger partial charge in [-0.25, -0.2) is 0 Å². The number of fused-ring (bicyclic) bond motifs is 11. The van der Waals surface area contributed by atoms with Crippen LogP contribution in [0.2, 0.25) is 0 Å². The van der Waals surface area contributed by atoms with Gasteiger partial charge in [-0.15, -0.1) is 22.7 Å². The van der Waals surface area contributed by atoms with Crippen LogP contribution in [0.5, 0.6) is 0 Å². The van der Waals surface area contributed by atoms with Gasteiger partial charge >= 0.3 is 0 Å². The van der Waals surface area contributed by atoms with E-state index in [2.05, 4.69) is 158 Å². The van der Waals surface area contributed by atoms with Crippen molar-refractivity contribution in [3.05, 3.63) is 158 Å². The Kier molecular flexibility index (Phi) is 5.51. The van der Waals surface area contributed by atoms with Gasteiger partial charge in [-0.3, -0.25) is 0 Å². The van der Waals surface area contributed by atoms with Crippen molar-refractivity contribution in [3.63, 3.8) is 0 Å². The van der Waals surface area contributed by atoms with Crippen LogP contribution in [0.3, 0.4) is 0 Å². The van der Waals surface area contributed by atoms with E-state index < -0.39 is 0 Å². The van der Waals surface area contributed by atoms with Crippen molar-refractivity contribution < 1.29 is 0 Å². The van der Waals surface area contributed by atoms with E-state index in [1.165, 1.54) is 106 Å². The molecule has 11 rings (SSSR count). The first-order valence-electron chi connectivity index (χ1n) is 16.4. The molecule has 0 N–H and O–H groups in total. The lowest BCUT2D eigenvalue weighted by Crippen LogP contribution is -1.92. The van der Waals surface area contributed by atoms with Crippen LogP contribution in [0, 0.1) is 0 Å². The van der Waals surface area contributed by atoms with Gasteiger partial charge in [0.05, 0.1) is 0 Å². The Balaban J connectivity index is 1.35. The lowest BCUT2D eigenvalue weighted by atomic mass is 9.84. The van der Waals surface area contributed by atoms with Crippen LogP contribution in [-0.2, 0) is 0 Å². The Morgan fingerprint density at radius 3 is 1.54 bits per heavy atom. The molecule has 0 radical (unpaired) electrons. The molecular weight excluding hydrogens is 617 g/mol. The fraction of sp³-hybridized carbons (Fsp3) is 0. The second-order valence-electron chi connectivity index (χ2n) is 12.8. The lowest BCUT2D eigenvalue weighted by Gasteiger charge is -2.19. The molecular formula is C46H26S2. The van der Waals surface area contributed by atoms with Crippen molar-refractivity contribution in [1.29, 1.82) is 0 Å². The highest BCUT2D eigenvalue weighted by molar-refractivity contribution is 7.28. The van der Waals surface area contributed by atoms with Crippen LogP contribution in [-0.4, -0.2) is 0 Å². The topological polar surface area (TPSA) is 0 Å². The maximum absolute atomic E-state index is 2.50. The van der Waals surface area contributed by atoms with E-state index in [9.17, 15) is 0 Å². The molecule has 11 aromatic rings. The molecule has 0 saturated heterocycles. The highest BCUT2D eigenvalue weighted by atomic mass is 32.1. The van der Waals surface area contributed by atoms with Gasteiger partial charge in [0.25, 0.3) is 0 Å². The van der Waals surface area contributed by atoms with E-state index in [-0.39, 0.29) is 0 Å². The van der Waals surface area contributed by atoms with Crippen LogP contribution >= 0.6 is 22.7 Å². The number of hydrogen-bond acceptors (Lipinski definition) is 2. The average Bonchev–Trinajstić information content (AvgIpc) is 3.70. The first-order valence-corrected chi connectivity index (χ1v) is 18.1. The predicted molar refractivity (Wildman–Crippen MR) is 213 cm³/mol. The van der Waals surface area contributed by atoms with Crippen LogP contribution in [0.4, 0.5) is 0 Å². The standard InChI is InChI=1S/C46H26S2/c1-2-14-29-25-40-37(24-28(29)13-1)45-44-36-21-9-10-23-39(36)47-41(44)26-38(46(45)48-40)43-34-19-7-5-17-32(34)42(33-18-6-8-20-35(33)43)31-22-11-15-27-12-3-4-16-30(27)31/h1-26H. The SMILES string of the molecule is c1ccc2cc3c(cc2c1)sc1c(-c2c4ccccc4c(-c4cccc5ccccc45)c4ccccc24)cc2sc4ccccc4c2c13. The fourth-order valence-corrected chi connectivity index (χ4v) is 10.6. The van der Waals surface area contributed by atoms with Crippen LogP contribution in [0.15, 0.2) is 158 Å². The molecule has 9 aromatic carbocycles. The van der Waals surface area contributed by atoms with Crippen molar-refractivity contribution in [2.24, 2.45) is 0 Å². The van der Waals surface area contributed by atoms with Crippen molar-refractivity contribution in [3.8, 4) is 22.3 Å². The van der Waals surface area contributed by atoms with Crippen LogP contribution in [0.25, 0.3) is 106 Å². The summed E-state index contributed by atoms with van der Waals surface area (Å²) < 4.78 is 5.39. The maximum Gasteiger partial charge on any atom is 0.0441 e. The molecule has 2 aromatic heterocycles. The highest BCUT2D eigenvalue weighted by Crippen LogP contribution is 2.52. The molecule has 0 aliphatic rings. The zero-order valence-corrected chi connectivity index (χ0v) is 27.5. The molecule has 0 atom stereocenters. The summed E-state index contributed by atoms with van der Waals surface area (Å²) in [5, 5.41) is 15.8. The summed E-state index contributed by atoms with van der Waals surface area (Å²) in [6.45, 7) is 0. The Morgan fingerprint density at radius 2 is 0.833 bits per heavy atom. The molecule has 0 bridgehead atoms. The minimum absolute atomic E-state index is 1.27. The van der Waals surface area contributed by atoms with Gasteiger partial charge < -0.3 is 0 Å².